The van der Waals surface area contributed by atoms with Gasteiger partial charge in [-0.05, 0) is 34.6 Å². The van der Waals surface area contributed by atoms with E-state index in [1.54, 1.807) is 0 Å². The van der Waals surface area contributed by atoms with Gasteiger partial charge < -0.3 is 14.0 Å². The number of ether oxygens (including phenoxy) is 1. The maximum absolute atomic E-state index is 11.1. The Morgan fingerprint density at radius 1 is 1.25 bits per heavy atom. The summed E-state index contributed by atoms with van der Waals surface area (Å²) in [6, 6.07) is 0. The van der Waals surface area contributed by atoms with Crippen molar-refractivity contribution in [2.24, 2.45) is 0 Å². The fourth-order valence-electron chi connectivity index (χ4n) is 1.72. The number of carbonyl (C=O) groups is 1. The molecule has 0 radical (unpaired) electrons. The first-order valence-corrected chi connectivity index (χ1v) is 13.8. The molecule has 0 N–H and O–H groups in total. The minimum atomic E-state index is -0.296. The molecular weight excluding hydrogens is 376 g/mol. The van der Waals surface area contributed by atoms with Crippen molar-refractivity contribution in [3.05, 3.63) is 6.32 Å². The van der Waals surface area contributed by atoms with Crippen molar-refractivity contribution < 1.29 is 35.2 Å². The van der Waals surface area contributed by atoms with Crippen LogP contribution in [0.25, 0.3) is 0 Å². The second kappa shape index (κ2) is 9.55. The van der Waals surface area contributed by atoms with Crippen LogP contribution in [0.1, 0.15) is 53.9 Å². The van der Waals surface area contributed by atoms with Crippen molar-refractivity contribution in [1.82, 2.24) is 0 Å². The number of hydrogen-bond donors (Lipinski definition) is 0. The van der Waals surface area contributed by atoms with Crippen LogP contribution < -0.4 is 0 Å². The number of halogens is 1. The van der Waals surface area contributed by atoms with E-state index < -0.39 is 0 Å². The topological polar surface area (TPSA) is 44.8 Å². The van der Waals surface area contributed by atoms with E-state index in [1.807, 2.05) is 40.9 Å². The van der Waals surface area contributed by atoms with E-state index in [2.05, 4.69) is 13.6 Å². The summed E-state index contributed by atoms with van der Waals surface area (Å²) in [5.74, 6) is -0.139. The summed E-state index contributed by atoms with van der Waals surface area (Å²) >= 11 is 4.25. The summed E-state index contributed by atoms with van der Waals surface area (Å²) in [5.41, 5.74) is -0.593. The number of unbranched alkanes of at least 4 members (excludes halogenated alkanes) is 1. The number of rotatable bonds is 6. The third-order valence-corrected chi connectivity index (χ3v) is 3.52. The molecule has 0 aromatic rings. The van der Waals surface area contributed by atoms with Gasteiger partial charge in [0, 0.05) is 6.42 Å². The van der Waals surface area contributed by atoms with Crippen LogP contribution in [-0.2, 0) is 35.2 Å². The van der Waals surface area contributed by atoms with Crippen LogP contribution in [0.2, 0.25) is 0 Å². The molecule has 0 amide bonds. The van der Waals surface area contributed by atoms with Gasteiger partial charge in [-0.25, -0.2) is 0 Å². The number of carbonyl (C=O) groups excluding carboxylic acids is 1. The van der Waals surface area contributed by atoms with Crippen LogP contribution in [0, 0.1) is 6.32 Å². The molecule has 0 bridgehead atoms. The van der Waals surface area contributed by atoms with Crippen LogP contribution >= 0.6 is 13.6 Å². The zero-order valence-electron chi connectivity index (χ0n) is 13.2. The standard InChI is InChI=1S/C13H24BO4.BrH.Zn/c1-6-16-11(15)9-7-8-10-14-17-12(2,3)13(4,5)18-14;;/h10H,6-9H2,1-5H3;1H;/q-1;;+2/p-1. The molecule has 1 aliphatic heterocycles. The van der Waals surface area contributed by atoms with Gasteiger partial charge in [0.05, 0.1) is 17.8 Å². The van der Waals surface area contributed by atoms with Gasteiger partial charge in [-0.15, -0.1) is 0 Å². The van der Waals surface area contributed by atoms with E-state index in [9.17, 15) is 4.79 Å². The van der Waals surface area contributed by atoms with E-state index in [4.69, 9.17) is 14.0 Å². The van der Waals surface area contributed by atoms with E-state index in [-0.39, 0.29) is 24.3 Å². The van der Waals surface area contributed by atoms with Gasteiger partial charge in [-0.2, -0.15) is 6.42 Å². The van der Waals surface area contributed by atoms with Gasteiger partial charge in [0.15, 0.2) is 0 Å². The van der Waals surface area contributed by atoms with Gasteiger partial charge in [0.1, 0.15) is 0 Å². The molecule has 0 aromatic heterocycles. The Bertz CT molecular complexity index is 284. The monoisotopic (exact) mass is 398 g/mol. The van der Waals surface area contributed by atoms with Crippen LogP contribution in [0.15, 0.2) is 0 Å². The third kappa shape index (κ3) is 6.55. The summed E-state index contributed by atoms with van der Waals surface area (Å²) < 4.78 is 16.5. The molecule has 1 fully saturated rings. The van der Waals surface area contributed by atoms with Crippen molar-refractivity contribution in [2.45, 2.75) is 65.1 Å². The van der Waals surface area contributed by atoms with Crippen LogP contribution in [0.3, 0.4) is 0 Å². The molecule has 0 atom stereocenters. The van der Waals surface area contributed by atoms with Gasteiger partial charge in [-0.1, -0.05) is 6.42 Å². The van der Waals surface area contributed by atoms with E-state index in [0.717, 1.165) is 12.8 Å². The molecule has 0 saturated carbocycles. The van der Waals surface area contributed by atoms with Crippen molar-refractivity contribution in [3.8, 4) is 0 Å². The zero-order valence-corrected chi connectivity index (χ0v) is 17.8. The molecule has 0 aromatic carbocycles. The average Bonchev–Trinajstić information content (AvgIpc) is 2.56. The fourth-order valence-corrected chi connectivity index (χ4v) is 1.72. The second-order valence-corrected chi connectivity index (χ2v) is 5.56. The van der Waals surface area contributed by atoms with Gasteiger partial charge >= 0.3 is 35.9 Å². The van der Waals surface area contributed by atoms with Gasteiger partial charge in [0.2, 0.25) is 0 Å². The molecule has 0 aliphatic carbocycles. The molecule has 0 spiro atoms. The van der Waals surface area contributed by atoms with Crippen LogP contribution in [0.4, 0.5) is 0 Å². The number of hydrogen-bond acceptors (Lipinski definition) is 4. The Kier molecular flexibility index (Phi) is 9.82. The quantitative estimate of drug-likeness (QED) is 0.297. The second-order valence-electron chi connectivity index (χ2n) is 5.56. The molecule has 7 heteroatoms. The minimum absolute atomic E-state index is 0.139. The maximum atomic E-state index is 11.1. The Hall–Kier alpha value is 0.558. The molecule has 1 aliphatic rings. The molecule has 1 heterocycles. The first-order valence-electron chi connectivity index (χ1n) is 6.90. The Morgan fingerprint density at radius 3 is 2.20 bits per heavy atom. The summed E-state index contributed by atoms with van der Waals surface area (Å²) in [6.45, 7) is 10.4. The average molecular weight is 400 g/mol. The molecular formula is C13H24BBrO4Zn. The van der Waals surface area contributed by atoms with Crippen molar-refractivity contribution in [3.63, 3.8) is 0 Å². The molecule has 4 nitrogen and oxygen atoms in total. The van der Waals surface area contributed by atoms with Crippen LogP contribution in [0.5, 0.6) is 0 Å². The van der Waals surface area contributed by atoms with E-state index in [0.29, 0.717) is 13.0 Å². The summed E-state index contributed by atoms with van der Waals surface area (Å²) in [7, 11) is -0.280. The number of esters is 1. The van der Waals surface area contributed by atoms with Crippen LogP contribution in [-0.4, -0.2) is 30.9 Å². The first kappa shape index (κ1) is 20.6. The predicted octanol–water partition coefficient (Wildman–Crippen LogP) is 3.40. The SMILES string of the molecule is CCOC(=O)CCC[CH-]B1OC(C)(C)C(C)(C)O1.[Zn+][Br]. The summed E-state index contributed by atoms with van der Waals surface area (Å²) in [4.78, 5) is 11.1. The van der Waals surface area contributed by atoms with E-state index >= 15 is 0 Å². The zero-order chi connectivity index (χ0) is 15.8. The molecule has 20 heavy (non-hydrogen) atoms. The normalized spacial score (nSPS) is 19.3. The van der Waals surface area contributed by atoms with Crippen molar-refractivity contribution >= 4 is 26.7 Å². The first-order chi connectivity index (χ1) is 9.28. The molecule has 112 valence electrons. The fraction of sp³-hybridized carbons (Fsp3) is 0.846. The Labute approximate surface area is 139 Å². The van der Waals surface area contributed by atoms with Crippen molar-refractivity contribution in [1.29, 1.82) is 0 Å². The Morgan fingerprint density at radius 2 is 1.75 bits per heavy atom. The Balaban J connectivity index is 0.00000172. The third-order valence-electron chi connectivity index (χ3n) is 3.52. The van der Waals surface area contributed by atoms with Gasteiger partial charge in [0.25, 0.3) is 7.12 Å². The molecule has 0 unspecified atom stereocenters. The van der Waals surface area contributed by atoms with Gasteiger partial charge in [-0.3, -0.25) is 11.1 Å². The summed E-state index contributed by atoms with van der Waals surface area (Å²) in [5, 5.41) is 0. The summed E-state index contributed by atoms with van der Waals surface area (Å²) in [6.07, 6.45) is 3.98. The molecule has 1 saturated heterocycles. The van der Waals surface area contributed by atoms with E-state index in [1.165, 1.54) is 16.3 Å². The predicted molar refractivity (Wildman–Crippen MR) is 79.8 cm³/mol. The van der Waals surface area contributed by atoms with Crippen molar-refractivity contribution in [2.75, 3.05) is 6.61 Å². The molecule has 1 rings (SSSR count).